The Morgan fingerprint density at radius 3 is 1.97 bits per heavy atom. The molecule has 0 bridgehead atoms. The van der Waals surface area contributed by atoms with E-state index in [0.29, 0.717) is 18.8 Å². The van der Waals surface area contributed by atoms with Crippen molar-refractivity contribution in [3.63, 3.8) is 0 Å². The van der Waals surface area contributed by atoms with Crippen LogP contribution in [0.15, 0.2) is 91.5 Å². The second-order valence-corrected chi connectivity index (χ2v) is 7.57. The summed E-state index contributed by atoms with van der Waals surface area (Å²) in [6.45, 7) is 7.26. The molecule has 29 heavy (non-hydrogen) atoms. The van der Waals surface area contributed by atoms with Crippen LogP contribution in [0.4, 0.5) is 0 Å². The van der Waals surface area contributed by atoms with E-state index >= 15 is 0 Å². The number of hydrogen-bond donors (Lipinski definition) is 0. The standard InChI is InChI=1S/C26H25NO2/c1-19(2)23-15-9-10-16-24(23)29-26(28)22-17-27(18-22)25(20-11-5-3-6-12-20)21-13-7-4-8-14-21/h3-16,22,25H,1,17-18H2,2H3. The number of esters is 1. The molecule has 146 valence electrons. The molecule has 0 unspecified atom stereocenters. The van der Waals surface area contributed by atoms with Gasteiger partial charge in [-0.05, 0) is 29.7 Å². The summed E-state index contributed by atoms with van der Waals surface area (Å²) in [7, 11) is 0. The molecule has 0 spiro atoms. The van der Waals surface area contributed by atoms with Crippen molar-refractivity contribution in [3.8, 4) is 5.75 Å². The van der Waals surface area contributed by atoms with Gasteiger partial charge >= 0.3 is 5.97 Å². The maximum Gasteiger partial charge on any atom is 0.316 e. The van der Waals surface area contributed by atoms with Crippen LogP contribution in [0, 0.1) is 5.92 Å². The van der Waals surface area contributed by atoms with Crippen molar-refractivity contribution in [2.24, 2.45) is 5.92 Å². The fourth-order valence-corrected chi connectivity index (χ4v) is 3.86. The van der Waals surface area contributed by atoms with Crippen LogP contribution < -0.4 is 4.74 Å². The van der Waals surface area contributed by atoms with E-state index in [9.17, 15) is 4.79 Å². The van der Waals surface area contributed by atoms with E-state index in [1.54, 1.807) is 0 Å². The predicted molar refractivity (Wildman–Crippen MR) is 117 cm³/mol. The molecule has 3 nitrogen and oxygen atoms in total. The molecule has 0 aliphatic carbocycles. The molecule has 1 fully saturated rings. The topological polar surface area (TPSA) is 29.5 Å². The van der Waals surface area contributed by atoms with Crippen molar-refractivity contribution in [2.75, 3.05) is 13.1 Å². The number of rotatable bonds is 6. The molecule has 0 radical (unpaired) electrons. The lowest BCUT2D eigenvalue weighted by molar-refractivity contribution is -0.145. The number of nitrogens with zero attached hydrogens (tertiary/aromatic N) is 1. The van der Waals surface area contributed by atoms with Gasteiger partial charge in [0.25, 0.3) is 0 Å². The number of carbonyl (C=O) groups is 1. The summed E-state index contributed by atoms with van der Waals surface area (Å²) >= 11 is 0. The maximum atomic E-state index is 12.7. The summed E-state index contributed by atoms with van der Waals surface area (Å²) in [4.78, 5) is 15.1. The van der Waals surface area contributed by atoms with Gasteiger partial charge in [-0.3, -0.25) is 9.69 Å². The molecule has 0 N–H and O–H groups in total. The van der Waals surface area contributed by atoms with Crippen molar-refractivity contribution in [1.29, 1.82) is 0 Å². The number of para-hydroxylation sites is 1. The third-order valence-corrected chi connectivity index (χ3v) is 5.40. The molecule has 0 saturated carbocycles. The fourth-order valence-electron chi connectivity index (χ4n) is 3.86. The molecule has 1 heterocycles. The molecule has 3 aromatic rings. The highest BCUT2D eigenvalue weighted by molar-refractivity contribution is 5.79. The Bertz CT molecular complexity index is 952. The molecule has 1 saturated heterocycles. The number of ether oxygens (including phenoxy) is 1. The van der Waals surface area contributed by atoms with E-state index < -0.39 is 0 Å². The van der Waals surface area contributed by atoms with E-state index in [1.165, 1.54) is 11.1 Å². The zero-order valence-corrected chi connectivity index (χ0v) is 16.6. The van der Waals surface area contributed by atoms with Crippen LogP contribution in [0.25, 0.3) is 5.57 Å². The molecule has 4 rings (SSSR count). The van der Waals surface area contributed by atoms with E-state index in [1.807, 2.05) is 43.3 Å². The number of likely N-dealkylation sites (tertiary alicyclic amines) is 1. The molecule has 3 heteroatoms. The lowest BCUT2D eigenvalue weighted by atomic mass is 9.90. The Morgan fingerprint density at radius 1 is 0.897 bits per heavy atom. The first-order chi connectivity index (χ1) is 14.1. The predicted octanol–water partition coefficient (Wildman–Crippen LogP) is 5.35. The van der Waals surface area contributed by atoms with Gasteiger partial charge in [-0.2, -0.15) is 0 Å². The van der Waals surface area contributed by atoms with Crippen LogP contribution >= 0.6 is 0 Å². The van der Waals surface area contributed by atoms with Crippen LogP contribution in [0.1, 0.15) is 29.7 Å². The van der Waals surface area contributed by atoms with Gasteiger partial charge in [0.15, 0.2) is 0 Å². The second-order valence-electron chi connectivity index (χ2n) is 7.57. The zero-order chi connectivity index (χ0) is 20.2. The largest absolute Gasteiger partial charge is 0.426 e. The summed E-state index contributed by atoms with van der Waals surface area (Å²) in [6.07, 6.45) is 0. The van der Waals surface area contributed by atoms with Gasteiger partial charge in [0.05, 0.1) is 12.0 Å². The fraction of sp³-hybridized carbons (Fsp3) is 0.192. The SMILES string of the molecule is C=C(C)c1ccccc1OC(=O)C1CN(C(c2ccccc2)c2ccccc2)C1. The summed E-state index contributed by atoms with van der Waals surface area (Å²) in [5.74, 6) is 0.295. The lowest BCUT2D eigenvalue weighted by Gasteiger charge is -2.43. The third kappa shape index (κ3) is 4.15. The Hall–Kier alpha value is -3.17. The van der Waals surface area contributed by atoms with Gasteiger partial charge in [-0.1, -0.05) is 85.4 Å². The lowest BCUT2D eigenvalue weighted by Crippen LogP contribution is -2.53. The summed E-state index contributed by atoms with van der Waals surface area (Å²) in [6, 6.07) is 28.6. The minimum atomic E-state index is -0.171. The zero-order valence-electron chi connectivity index (χ0n) is 16.6. The average Bonchev–Trinajstić information content (AvgIpc) is 2.71. The van der Waals surface area contributed by atoms with Crippen molar-refractivity contribution in [3.05, 3.63) is 108 Å². The highest BCUT2D eigenvalue weighted by Gasteiger charge is 2.39. The molecule has 1 aliphatic heterocycles. The van der Waals surface area contributed by atoms with Crippen molar-refractivity contribution >= 4 is 11.5 Å². The van der Waals surface area contributed by atoms with Crippen LogP contribution in [-0.4, -0.2) is 24.0 Å². The van der Waals surface area contributed by atoms with Crippen LogP contribution in [0.2, 0.25) is 0 Å². The highest BCUT2D eigenvalue weighted by atomic mass is 16.5. The van der Waals surface area contributed by atoms with Gasteiger partial charge in [0.2, 0.25) is 0 Å². The average molecular weight is 383 g/mol. The summed E-state index contributed by atoms with van der Waals surface area (Å²) < 4.78 is 5.72. The Morgan fingerprint density at radius 2 is 1.41 bits per heavy atom. The minimum Gasteiger partial charge on any atom is -0.426 e. The number of carbonyl (C=O) groups excluding carboxylic acids is 1. The van der Waals surface area contributed by atoms with Gasteiger partial charge in [0.1, 0.15) is 5.75 Å². The van der Waals surface area contributed by atoms with Crippen molar-refractivity contribution in [2.45, 2.75) is 13.0 Å². The first-order valence-corrected chi connectivity index (χ1v) is 9.94. The number of benzene rings is 3. The van der Waals surface area contributed by atoms with Crippen molar-refractivity contribution in [1.82, 2.24) is 4.90 Å². The number of hydrogen-bond acceptors (Lipinski definition) is 3. The quantitative estimate of drug-likeness (QED) is 0.425. The van der Waals surface area contributed by atoms with Crippen LogP contribution in [-0.2, 0) is 4.79 Å². The Kier molecular flexibility index (Phi) is 5.59. The van der Waals surface area contributed by atoms with Gasteiger partial charge in [-0.15, -0.1) is 0 Å². The molecule has 0 aromatic heterocycles. The minimum absolute atomic E-state index is 0.122. The van der Waals surface area contributed by atoms with E-state index in [0.717, 1.165) is 11.1 Å². The van der Waals surface area contributed by atoms with E-state index in [4.69, 9.17) is 4.74 Å². The molecule has 1 aliphatic rings. The number of allylic oxidation sites excluding steroid dienone is 1. The van der Waals surface area contributed by atoms with Gasteiger partial charge in [-0.25, -0.2) is 0 Å². The monoisotopic (exact) mass is 383 g/mol. The molecule has 0 amide bonds. The van der Waals surface area contributed by atoms with E-state index in [-0.39, 0.29) is 17.9 Å². The molecular weight excluding hydrogens is 358 g/mol. The second kappa shape index (κ2) is 8.46. The van der Waals surface area contributed by atoms with E-state index in [2.05, 4.69) is 60.0 Å². The van der Waals surface area contributed by atoms with Gasteiger partial charge < -0.3 is 4.74 Å². The Labute approximate surface area is 172 Å². The summed E-state index contributed by atoms with van der Waals surface area (Å²) in [5.41, 5.74) is 4.23. The molecular formula is C26H25NO2. The summed E-state index contributed by atoms with van der Waals surface area (Å²) in [5, 5.41) is 0. The van der Waals surface area contributed by atoms with Crippen LogP contribution in [0.5, 0.6) is 5.75 Å². The smallest absolute Gasteiger partial charge is 0.316 e. The normalized spacial score (nSPS) is 14.4. The molecule has 3 aromatic carbocycles. The van der Waals surface area contributed by atoms with Gasteiger partial charge in [0, 0.05) is 18.7 Å². The first-order valence-electron chi connectivity index (χ1n) is 9.94. The maximum absolute atomic E-state index is 12.7. The Balaban J connectivity index is 1.48. The van der Waals surface area contributed by atoms with Crippen molar-refractivity contribution < 1.29 is 9.53 Å². The first kappa shape index (κ1) is 19.2. The highest BCUT2D eigenvalue weighted by Crippen LogP contribution is 2.35. The third-order valence-electron chi connectivity index (χ3n) is 5.40. The van der Waals surface area contributed by atoms with Crippen LogP contribution in [0.3, 0.4) is 0 Å². The molecule has 0 atom stereocenters.